The second-order valence-corrected chi connectivity index (χ2v) is 10.6. The number of hydrogen-bond acceptors (Lipinski definition) is 0. The van der Waals surface area contributed by atoms with Gasteiger partial charge in [0, 0.05) is 0 Å². The summed E-state index contributed by atoms with van der Waals surface area (Å²) >= 11 is 0. The molecule has 0 bridgehead atoms. The summed E-state index contributed by atoms with van der Waals surface area (Å²) in [7, 11) is -9.90. The van der Waals surface area contributed by atoms with Crippen molar-refractivity contribution in [2.75, 3.05) is 17.3 Å². The molecule has 8 heteroatoms. The fraction of sp³-hybridized carbons (Fsp3) is 1.00. The molecule has 0 N–H and O–H groups in total. The average Bonchev–Trinajstić information content (AvgIpc) is 2.41. The first-order chi connectivity index (χ1) is 10.8. The van der Waals surface area contributed by atoms with E-state index in [1.807, 2.05) is 0 Å². The zero-order valence-electron chi connectivity index (χ0n) is 15.3. The van der Waals surface area contributed by atoms with E-state index >= 15 is 0 Å². The second-order valence-electron chi connectivity index (χ2n) is 6.10. The second kappa shape index (κ2) is 11.9. The van der Waals surface area contributed by atoms with Gasteiger partial charge in [0.05, 0.1) is 0 Å². The third kappa shape index (κ3) is 38.1. The summed E-state index contributed by atoms with van der Waals surface area (Å²) in [5.74, 6) is 4.48. The maximum atomic E-state index is 9.87. The van der Waals surface area contributed by atoms with Crippen LogP contribution < -0.4 is 0 Å². The Balaban J connectivity index is 0. The number of unbranched alkanes of at least 4 members (excludes halogenated alkanes) is 8. The molecule has 0 heterocycles. The van der Waals surface area contributed by atoms with Crippen molar-refractivity contribution < 1.29 is 25.2 Å². The van der Waals surface area contributed by atoms with E-state index < -0.39 is 7.81 Å². The fourth-order valence-electron chi connectivity index (χ4n) is 2.21. The predicted molar refractivity (Wildman–Crippen MR) is 98.7 cm³/mol. The molecule has 0 saturated carbocycles. The van der Waals surface area contributed by atoms with Crippen LogP contribution >= 0.6 is 7.81 Å². The van der Waals surface area contributed by atoms with Gasteiger partial charge in [-0.05, 0) is 43.5 Å². The van der Waals surface area contributed by atoms with Crippen LogP contribution in [0.5, 0.6) is 0 Å². The van der Waals surface area contributed by atoms with Crippen LogP contribution in [0, 0.1) is 0 Å². The molecule has 0 saturated heterocycles. The molecular weight excluding hydrogens is 369 g/mol. The van der Waals surface area contributed by atoms with Crippen molar-refractivity contribution >= 4 is 18.7 Å². The van der Waals surface area contributed by atoms with Gasteiger partial charge < -0.3 is 0 Å². The van der Waals surface area contributed by atoms with Crippen LogP contribution in [0.4, 0.5) is 25.2 Å². The van der Waals surface area contributed by atoms with Crippen LogP contribution in [-0.2, 0) is 10.9 Å². The molecule has 152 valence electrons. The van der Waals surface area contributed by atoms with Gasteiger partial charge in [-0.15, -0.1) is 0 Å². The molecule has 24 heavy (non-hydrogen) atoms. The number of halogens is 6. The maximum absolute atomic E-state index is 10.7. The van der Waals surface area contributed by atoms with Crippen molar-refractivity contribution in [3.63, 3.8) is 0 Å². The standard InChI is InChI=1S/C16H35S.F6P/c1-4-7-9-11-13-15-17(6-3)16-14-12-10-8-5-2;1-7(2,3,4,5)6/h4-16H2,1-3H3;/q+1;-1. The van der Waals surface area contributed by atoms with E-state index in [1.165, 1.54) is 81.5 Å². The van der Waals surface area contributed by atoms with Crippen molar-refractivity contribution in [1.82, 2.24) is 0 Å². The molecular formula is C16H35F6PS. The van der Waals surface area contributed by atoms with Gasteiger partial charge in [-0.2, -0.15) is 0 Å². The fourth-order valence-corrected chi connectivity index (χ4v) is 4.22. The quantitative estimate of drug-likeness (QED) is 0.124. The Labute approximate surface area is 146 Å². The van der Waals surface area contributed by atoms with Crippen molar-refractivity contribution in [2.45, 2.75) is 85.0 Å². The first-order valence-corrected chi connectivity index (χ1v) is 12.8. The summed E-state index contributed by atoms with van der Waals surface area (Å²) in [5, 5.41) is 0. The molecule has 0 atom stereocenters. The molecule has 0 rings (SSSR count). The van der Waals surface area contributed by atoms with Gasteiger partial charge in [-0.1, -0.05) is 52.4 Å². The normalized spacial score (nSPS) is 14.8. The summed E-state index contributed by atoms with van der Waals surface area (Å²) < 4.78 is 59.2. The molecule has 0 aliphatic rings. The Hall–Kier alpha value is 0.360. The van der Waals surface area contributed by atoms with Gasteiger partial charge >= 0.3 is 33.0 Å². The first kappa shape index (κ1) is 26.6. The molecule has 0 unspecified atom stereocenters. The Bertz CT molecular complexity index is 265. The van der Waals surface area contributed by atoms with E-state index in [9.17, 15) is 25.2 Å². The summed E-state index contributed by atoms with van der Waals surface area (Å²) in [6, 6.07) is 0. The van der Waals surface area contributed by atoms with Crippen molar-refractivity contribution in [1.29, 1.82) is 0 Å². The first-order valence-electron chi connectivity index (χ1n) is 9.00. The van der Waals surface area contributed by atoms with Crippen molar-refractivity contribution in [3.8, 4) is 0 Å². The van der Waals surface area contributed by atoms with Gasteiger partial charge in [0.1, 0.15) is 17.3 Å². The molecule has 0 aliphatic heterocycles. The molecule has 0 radical (unpaired) electrons. The van der Waals surface area contributed by atoms with Crippen LogP contribution in [0.25, 0.3) is 0 Å². The van der Waals surface area contributed by atoms with Gasteiger partial charge in [0.25, 0.3) is 0 Å². The predicted octanol–water partition coefficient (Wildman–Crippen LogP) is 8.95. The topological polar surface area (TPSA) is 0 Å². The molecule has 0 aliphatic carbocycles. The molecule has 0 aromatic heterocycles. The van der Waals surface area contributed by atoms with Crippen LogP contribution in [0.1, 0.15) is 85.0 Å². The van der Waals surface area contributed by atoms with E-state index in [2.05, 4.69) is 20.8 Å². The molecule has 0 nitrogen and oxygen atoms in total. The van der Waals surface area contributed by atoms with E-state index in [1.54, 1.807) is 0 Å². The Morgan fingerprint density at radius 3 is 1.08 bits per heavy atom. The van der Waals surface area contributed by atoms with Crippen LogP contribution in [0.15, 0.2) is 0 Å². The monoisotopic (exact) mass is 404 g/mol. The third-order valence-corrected chi connectivity index (χ3v) is 6.03. The Morgan fingerprint density at radius 2 is 0.833 bits per heavy atom. The van der Waals surface area contributed by atoms with Gasteiger partial charge in [-0.25, -0.2) is 0 Å². The number of rotatable bonds is 13. The van der Waals surface area contributed by atoms with E-state index in [0.29, 0.717) is 0 Å². The summed E-state index contributed by atoms with van der Waals surface area (Å²) in [4.78, 5) is 0. The van der Waals surface area contributed by atoms with Crippen molar-refractivity contribution in [3.05, 3.63) is 0 Å². The summed E-state index contributed by atoms with van der Waals surface area (Å²) in [6.07, 6.45) is 14.5. The summed E-state index contributed by atoms with van der Waals surface area (Å²) in [5.41, 5.74) is 0. The molecule has 0 aromatic rings. The van der Waals surface area contributed by atoms with Crippen molar-refractivity contribution in [2.24, 2.45) is 0 Å². The minimum atomic E-state index is -10.7. The summed E-state index contributed by atoms with van der Waals surface area (Å²) in [6.45, 7) is 6.99. The average molecular weight is 404 g/mol. The van der Waals surface area contributed by atoms with Crippen LogP contribution in [0.2, 0.25) is 0 Å². The Morgan fingerprint density at radius 1 is 0.542 bits per heavy atom. The SMILES string of the molecule is CCCCCCC[S+](CC)CCCCCCC.F[P-](F)(F)(F)(F)F. The van der Waals surface area contributed by atoms with E-state index in [0.717, 1.165) is 10.9 Å². The van der Waals surface area contributed by atoms with Crippen LogP contribution in [0.3, 0.4) is 0 Å². The van der Waals surface area contributed by atoms with Crippen LogP contribution in [-0.4, -0.2) is 17.3 Å². The zero-order chi connectivity index (χ0) is 19.2. The Kier molecular flexibility index (Phi) is 13.2. The minimum absolute atomic E-state index is 0.758. The molecule has 0 aromatic carbocycles. The van der Waals surface area contributed by atoms with E-state index in [-0.39, 0.29) is 0 Å². The molecule has 0 spiro atoms. The third-order valence-electron chi connectivity index (χ3n) is 3.48. The number of hydrogen-bond donors (Lipinski definition) is 0. The molecule has 0 amide bonds. The zero-order valence-corrected chi connectivity index (χ0v) is 17.0. The van der Waals surface area contributed by atoms with Gasteiger partial charge in [-0.3, -0.25) is 0 Å². The van der Waals surface area contributed by atoms with E-state index in [4.69, 9.17) is 0 Å². The van der Waals surface area contributed by atoms with Gasteiger partial charge in [0.15, 0.2) is 0 Å². The van der Waals surface area contributed by atoms with Gasteiger partial charge in [0.2, 0.25) is 0 Å². The molecule has 0 fully saturated rings.